The Hall–Kier alpha value is -1.62. The van der Waals surface area contributed by atoms with E-state index in [4.69, 9.17) is 4.42 Å². The molecule has 0 atom stereocenters. The monoisotopic (exact) mass is 220 g/mol. The first-order valence-electron chi connectivity index (χ1n) is 5.29. The van der Waals surface area contributed by atoms with Crippen molar-refractivity contribution in [1.82, 2.24) is 20.3 Å². The third-order valence-corrected chi connectivity index (χ3v) is 2.42. The quantitative estimate of drug-likeness (QED) is 0.821. The summed E-state index contributed by atoms with van der Waals surface area (Å²) in [5.74, 6) is 2.54. The van der Waals surface area contributed by atoms with Crippen molar-refractivity contribution in [3.8, 4) is 0 Å². The lowest BCUT2D eigenvalue weighted by molar-refractivity contribution is 0.448. The molecule has 86 valence electrons. The molecule has 0 bridgehead atoms. The molecule has 0 fully saturated rings. The van der Waals surface area contributed by atoms with Crippen LogP contribution in [0, 0.1) is 20.8 Å². The minimum atomic E-state index is 0.632. The molecule has 5 nitrogen and oxygen atoms in total. The third kappa shape index (κ3) is 2.49. The minimum absolute atomic E-state index is 0.632. The second-order valence-electron chi connectivity index (χ2n) is 3.85. The summed E-state index contributed by atoms with van der Waals surface area (Å²) in [5, 5.41) is 3.24. The number of rotatable bonds is 4. The minimum Gasteiger partial charge on any atom is -0.444 e. The van der Waals surface area contributed by atoms with Gasteiger partial charge in [-0.3, -0.25) is 0 Å². The molecule has 2 rings (SSSR count). The lowest BCUT2D eigenvalue weighted by atomic mass is 10.4. The number of nitrogens with one attached hydrogen (secondary N) is 2. The molecule has 2 aromatic rings. The number of hydrogen-bond donors (Lipinski definition) is 2. The van der Waals surface area contributed by atoms with Crippen LogP contribution in [0.2, 0.25) is 0 Å². The first kappa shape index (κ1) is 10.9. The zero-order valence-corrected chi connectivity index (χ0v) is 9.79. The maximum Gasteiger partial charge on any atom is 0.208 e. The number of hydrogen-bond acceptors (Lipinski definition) is 4. The molecular formula is C11H16N4O. The van der Waals surface area contributed by atoms with Crippen LogP contribution in [-0.4, -0.2) is 15.0 Å². The summed E-state index contributed by atoms with van der Waals surface area (Å²) >= 11 is 0. The van der Waals surface area contributed by atoms with Crippen molar-refractivity contribution in [2.24, 2.45) is 0 Å². The highest BCUT2D eigenvalue weighted by Gasteiger charge is 2.04. The first-order valence-corrected chi connectivity index (χ1v) is 5.29. The number of aromatic nitrogens is 3. The molecule has 5 heteroatoms. The van der Waals surface area contributed by atoms with Crippen LogP contribution in [0.5, 0.6) is 0 Å². The van der Waals surface area contributed by atoms with E-state index in [0.29, 0.717) is 6.54 Å². The van der Waals surface area contributed by atoms with E-state index in [-0.39, 0.29) is 0 Å². The Labute approximate surface area is 94.3 Å². The second kappa shape index (κ2) is 4.49. The zero-order valence-electron chi connectivity index (χ0n) is 9.79. The molecule has 0 saturated carbocycles. The van der Waals surface area contributed by atoms with Gasteiger partial charge in [0, 0.05) is 18.4 Å². The van der Waals surface area contributed by atoms with E-state index in [9.17, 15) is 0 Å². The molecule has 2 N–H and O–H groups in total. The third-order valence-electron chi connectivity index (χ3n) is 2.42. The van der Waals surface area contributed by atoms with Crippen LogP contribution in [0.3, 0.4) is 0 Å². The van der Waals surface area contributed by atoms with E-state index in [1.807, 2.05) is 27.0 Å². The Balaban J connectivity index is 1.84. The summed E-state index contributed by atoms with van der Waals surface area (Å²) in [6.07, 6.45) is 1.83. The highest BCUT2D eigenvalue weighted by molar-refractivity contribution is 5.05. The highest BCUT2D eigenvalue weighted by atomic mass is 16.4. The van der Waals surface area contributed by atoms with Crippen molar-refractivity contribution in [2.75, 3.05) is 0 Å². The molecule has 0 unspecified atom stereocenters. The number of imidazole rings is 1. The summed E-state index contributed by atoms with van der Waals surface area (Å²) in [6, 6.07) is 0. The molecule has 2 aromatic heterocycles. The van der Waals surface area contributed by atoms with Crippen LogP contribution in [0.1, 0.15) is 28.9 Å². The Morgan fingerprint density at radius 2 is 2.12 bits per heavy atom. The number of oxazole rings is 1. The second-order valence-corrected chi connectivity index (χ2v) is 3.85. The largest absolute Gasteiger partial charge is 0.444 e. The average molecular weight is 220 g/mol. The van der Waals surface area contributed by atoms with Crippen molar-refractivity contribution in [1.29, 1.82) is 0 Å². The van der Waals surface area contributed by atoms with Crippen LogP contribution < -0.4 is 5.32 Å². The van der Waals surface area contributed by atoms with Gasteiger partial charge in [-0.05, 0) is 20.8 Å². The van der Waals surface area contributed by atoms with Crippen LogP contribution >= 0.6 is 0 Å². The van der Waals surface area contributed by atoms with Crippen LogP contribution in [0.4, 0.5) is 0 Å². The van der Waals surface area contributed by atoms with Gasteiger partial charge in [-0.1, -0.05) is 0 Å². The van der Waals surface area contributed by atoms with Gasteiger partial charge in [0.25, 0.3) is 0 Å². The fraction of sp³-hybridized carbons (Fsp3) is 0.455. The van der Waals surface area contributed by atoms with Crippen molar-refractivity contribution >= 4 is 0 Å². The normalized spacial score (nSPS) is 10.9. The fourth-order valence-corrected chi connectivity index (χ4v) is 1.48. The molecule has 0 aliphatic heterocycles. The predicted molar refractivity (Wildman–Crippen MR) is 59.8 cm³/mol. The summed E-state index contributed by atoms with van der Waals surface area (Å²) in [4.78, 5) is 11.6. The van der Waals surface area contributed by atoms with Crippen molar-refractivity contribution in [3.63, 3.8) is 0 Å². The van der Waals surface area contributed by atoms with E-state index in [1.165, 1.54) is 0 Å². The smallest absolute Gasteiger partial charge is 0.208 e. The molecule has 0 aromatic carbocycles. The molecule has 2 heterocycles. The summed E-state index contributed by atoms with van der Waals surface area (Å²) in [7, 11) is 0. The lowest BCUT2D eigenvalue weighted by Crippen LogP contribution is -2.13. The van der Waals surface area contributed by atoms with Gasteiger partial charge in [0.1, 0.15) is 11.6 Å². The summed E-state index contributed by atoms with van der Waals surface area (Å²) in [6.45, 7) is 7.17. The van der Waals surface area contributed by atoms with Crippen molar-refractivity contribution in [3.05, 3.63) is 35.1 Å². The van der Waals surface area contributed by atoms with Crippen molar-refractivity contribution < 1.29 is 4.42 Å². The molecule has 0 radical (unpaired) electrons. The van der Waals surface area contributed by atoms with Crippen LogP contribution in [0.15, 0.2) is 10.6 Å². The standard InChI is InChI=1S/C11H16N4O/c1-7-8(2)16-11(14-7)6-12-4-10-5-13-9(3)15-10/h5,12H,4,6H2,1-3H3,(H,13,15). The van der Waals surface area contributed by atoms with Gasteiger partial charge in [0.05, 0.1) is 12.2 Å². The van der Waals surface area contributed by atoms with Crippen LogP contribution in [-0.2, 0) is 13.1 Å². The van der Waals surface area contributed by atoms with Gasteiger partial charge < -0.3 is 14.7 Å². The Morgan fingerprint density at radius 1 is 1.31 bits per heavy atom. The van der Waals surface area contributed by atoms with E-state index in [1.54, 1.807) is 0 Å². The van der Waals surface area contributed by atoms with E-state index in [2.05, 4.69) is 20.3 Å². The molecule has 0 saturated heterocycles. The van der Waals surface area contributed by atoms with E-state index in [0.717, 1.165) is 35.4 Å². The lowest BCUT2D eigenvalue weighted by Gasteiger charge is -1.98. The van der Waals surface area contributed by atoms with E-state index < -0.39 is 0 Å². The maximum atomic E-state index is 5.46. The van der Waals surface area contributed by atoms with Gasteiger partial charge >= 0.3 is 0 Å². The Kier molecular flexibility index (Phi) is 3.05. The van der Waals surface area contributed by atoms with Gasteiger partial charge in [-0.15, -0.1) is 0 Å². The van der Waals surface area contributed by atoms with Gasteiger partial charge in [-0.25, -0.2) is 9.97 Å². The first-order chi connectivity index (χ1) is 7.65. The number of H-pyrrole nitrogens is 1. The zero-order chi connectivity index (χ0) is 11.5. The molecule has 0 amide bonds. The SMILES string of the molecule is Cc1ncc(CNCc2nc(C)c(C)o2)[nH]1. The Bertz CT molecular complexity index is 453. The Morgan fingerprint density at radius 3 is 2.69 bits per heavy atom. The number of aryl methyl sites for hydroxylation is 3. The van der Waals surface area contributed by atoms with Gasteiger partial charge in [0.2, 0.25) is 5.89 Å². The van der Waals surface area contributed by atoms with Gasteiger partial charge in [0.15, 0.2) is 0 Å². The summed E-state index contributed by atoms with van der Waals surface area (Å²) in [5.41, 5.74) is 2.02. The highest BCUT2D eigenvalue weighted by Crippen LogP contribution is 2.07. The summed E-state index contributed by atoms with van der Waals surface area (Å²) < 4.78 is 5.46. The fourth-order valence-electron chi connectivity index (χ4n) is 1.48. The number of aromatic amines is 1. The topological polar surface area (TPSA) is 66.7 Å². The van der Waals surface area contributed by atoms with E-state index >= 15 is 0 Å². The molecule has 0 aliphatic rings. The van der Waals surface area contributed by atoms with Crippen LogP contribution in [0.25, 0.3) is 0 Å². The number of nitrogens with zero attached hydrogens (tertiary/aromatic N) is 2. The average Bonchev–Trinajstić information content (AvgIpc) is 2.75. The molecule has 0 aliphatic carbocycles. The molecular weight excluding hydrogens is 204 g/mol. The maximum absolute atomic E-state index is 5.46. The van der Waals surface area contributed by atoms with Crippen molar-refractivity contribution in [2.45, 2.75) is 33.9 Å². The molecule has 16 heavy (non-hydrogen) atoms. The molecule has 0 spiro atoms. The van der Waals surface area contributed by atoms with Gasteiger partial charge in [-0.2, -0.15) is 0 Å². The predicted octanol–water partition coefficient (Wildman–Crippen LogP) is 1.61.